The number of rotatable bonds is 4. The first-order chi connectivity index (χ1) is 9.29. The summed E-state index contributed by atoms with van der Waals surface area (Å²) in [6.07, 6.45) is 2.88. The molecule has 0 bridgehead atoms. The fourth-order valence-corrected chi connectivity index (χ4v) is 2.56. The zero-order valence-corrected chi connectivity index (χ0v) is 11.2. The first-order valence-electron chi connectivity index (χ1n) is 6.76. The predicted octanol–water partition coefficient (Wildman–Crippen LogP) is 2.37. The molecule has 2 heterocycles. The van der Waals surface area contributed by atoms with Crippen LogP contribution in [0.1, 0.15) is 41.8 Å². The van der Waals surface area contributed by atoms with Gasteiger partial charge in [-0.3, -0.25) is 4.68 Å². The average Bonchev–Trinajstić information content (AvgIpc) is 3.05. The highest BCUT2D eigenvalue weighted by molar-refractivity contribution is 5.37. The van der Waals surface area contributed by atoms with Crippen LogP contribution in [0.15, 0.2) is 30.5 Å². The minimum atomic E-state index is -0.125. The van der Waals surface area contributed by atoms with Crippen molar-refractivity contribution in [3.63, 3.8) is 0 Å². The summed E-state index contributed by atoms with van der Waals surface area (Å²) >= 11 is 0. The van der Waals surface area contributed by atoms with E-state index in [2.05, 4.69) is 30.2 Å². The van der Waals surface area contributed by atoms with Crippen LogP contribution in [-0.2, 0) is 24.5 Å². The molecule has 100 valence electrons. The number of hydrogen-bond donors (Lipinski definition) is 1. The number of benzene rings is 1. The standard InChI is InChI=1S/C15H19N3O/c1-2-7-18-14(5-6-17-18)15(16)11-3-4-12-9-19-10-13(12)8-11/h3-6,8,15H,2,7,9-10,16H2,1H3. The van der Waals surface area contributed by atoms with Crippen LogP contribution in [0.25, 0.3) is 0 Å². The molecule has 19 heavy (non-hydrogen) atoms. The van der Waals surface area contributed by atoms with Crippen LogP contribution in [0.4, 0.5) is 0 Å². The zero-order chi connectivity index (χ0) is 13.2. The second kappa shape index (κ2) is 5.15. The van der Waals surface area contributed by atoms with Crippen LogP contribution in [0.5, 0.6) is 0 Å². The Bertz CT molecular complexity index is 577. The van der Waals surface area contributed by atoms with Crippen molar-refractivity contribution in [3.8, 4) is 0 Å². The number of fused-ring (bicyclic) bond motifs is 1. The highest BCUT2D eigenvalue weighted by atomic mass is 16.5. The molecule has 1 aromatic carbocycles. The molecular weight excluding hydrogens is 238 g/mol. The molecule has 1 aliphatic rings. The van der Waals surface area contributed by atoms with Crippen LogP contribution in [0, 0.1) is 0 Å². The van der Waals surface area contributed by atoms with Crippen molar-refractivity contribution in [2.24, 2.45) is 5.73 Å². The summed E-state index contributed by atoms with van der Waals surface area (Å²) in [4.78, 5) is 0. The first-order valence-corrected chi connectivity index (χ1v) is 6.76. The molecule has 0 amide bonds. The Labute approximate surface area is 113 Å². The third-order valence-electron chi connectivity index (χ3n) is 3.61. The Kier molecular flexibility index (Phi) is 3.36. The number of aromatic nitrogens is 2. The summed E-state index contributed by atoms with van der Waals surface area (Å²) in [5.41, 5.74) is 11.1. The third-order valence-corrected chi connectivity index (χ3v) is 3.61. The molecule has 0 saturated heterocycles. The molecular formula is C15H19N3O. The third kappa shape index (κ3) is 2.29. The molecule has 0 radical (unpaired) electrons. The van der Waals surface area contributed by atoms with E-state index < -0.39 is 0 Å². The Morgan fingerprint density at radius 3 is 3.00 bits per heavy atom. The SMILES string of the molecule is CCCn1nccc1C(N)c1ccc2c(c1)COC2. The summed E-state index contributed by atoms with van der Waals surface area (Å²) in [6.45, 7) is 4.47. The van der Waals surface area contributed by atoms with E-state index in [0.29, 0.717) is 6.61 Å². The quantitative estimate of drug-likeness (QED) is 0.915. The molecule has 0 saturated carbocycles. The fourth-order valence-electron chi connectivity index (χ4n) is 2.56. The highest BCUT2D eigenvalue weighted by Gasteiger charge is 2.17. The van der Waals surface area contributed by atoms with Crippen molar-refractivity contribution in [1.29, 1.82) is 0 Å². The lowest BCUT2D eigenvalue weighted by Crippen LogP contribution is -2.17. The topological polar surface area (TPSA) is 53.1 Å². The number of hydrogen-bond acceptors (Lipinski definition) is 3. The van der Waals surface area contributed by atoms with E-state index in [1.807, 2.05) is 16.9 Å². The van der Waals surface area contributed by atoms with Gasteiger partial charge in [0.15, 0.2) is 0 Å². The molecule has 2 aromatic rings. The summed E-state index contributed by atoms with van der Waals surface area (Å²) in [5, 5.41) is 4.34. The molecule has 1 aliphatic heterocycles. The molecule has 0 spiro atoms. The van der Waals surface area contributed by atoms with Crippen molar-refractivity contribution in [1.82, 2.24) is 9.78 Å². The van der Waals surface area contributed by atoms with E-state index in [9.17, 15) is 0 Å². The lowest BCUT2D eigenvalue weighted by atomic mass is 9.99. The molecule has 3 rings (SSSR count). The van der Waals surface area contributed by atoms with Crippen LogP contribution in [-0.4, -0.2) is 9.78 Å². The summed E-state index contributed by atoms with van der Waals surface area (Å²) in [6, 6.07) is 8.26. The maximum Gasteiger partial charge on any atom is 0.0725 e. The van der Waals surface area contributed by atoms with Crippen molar-refractivity contribution in [3.05, 3.63) is 52.8 Å². The van der Waals surface area contributed by atoms with Crippen LogP contribution < -0.4 is 5.73 Å². The maximum absolute atomic E-state index is 6.38. The molecule has 0 fully saturated rings. The van der Waals surface area contributed by atoms with Gasteiger partial charge in [0, 0.05) is 12.7 Å². The smallest absolute Gasteiger partial charge is 0.0725 e. The normalized spacial score (nSPS) is 15.5. The van der Waals surface area contributed by atoms with Gasteiger partial charge < -0.3 is 10.5 Å². The summed E-state index contributed by atoms with van der Waals surface area (Å²) in [7, 11) is 0. The summed E-state index contributed by atoms with van der Waals surface area (Å²) in [5.74, 6) is 0. The van der Waals surface area contributed by atoms with Gasteiger partial charge in [0.25, 0.3) is 0 Å². The van der Waals surface area contributed by atoms with Crippen LogP contribution in [0.2, 0.25) is 0 Å². The van der Waals surface area contributed by atoms with Gasteiger partial charge in [-0.1, -0.05) is 25.1 Å². The lowest BCUT2D eigenvalue weighted by molar-refractivity contribution is 0.134. The Balaban J connectivity index is 1.90. The number of aryl methyl sites for hydroxylation is 1. The fraction of sp³-hybridized carbons (Fsp3) is 0.400. The van der Waals surface area contributed by atoms with E-state index in [-0.39, 0.29) is 6.04 Å². The molecule has 0 aliphatic carbocycles. The van der Waals surface area contributed by atoms with Crippen LogP contribution in [0.3, 0.4) is 0 Å². The first kappa shape index (κ1) is 12.4. The minimum Gasteiger partial charge on any atom is -0.372 e. The van der Waals surface area contributed by atoms with E-state index in [1.165, 1.54) is 11.1 Å². The van der Waals surface area contributed by atoms with Gasteiger partial charge in [0.1, 0.15) is 0 Å². The zero-order valence-electron chi connectivity index (χ0n) is 11.2. The maximum atomic E-state index is 6.38. The molecule has 1 atom stereocenters. The van der Waals surface area contributed by atoms with Gasteiger partial charge >= 0.3 is 0 Å². The van der Waals surface area contributed by atoms with Crippen LogP contribution >= 0.6 is 0 Å². The van der Waals surface area contributed by atoms with Gasteiger partial charge in [-0.15, -0.1) is 0 Å². The molecule has 4 nitrogen and oxygen atoms in total. The van der Waals surface area contributed by atoms with Crippen molar-refractivity contribution < 1.29 is 4.74 Å². The van der Waals surface area contributed by atoms with Crippen molar-refractivity contribution in [2.45, 2.75) is 39.1 Å². The number of ether oxygens (including phenoxy) is 1. The van der Waals surface area contributed by atoms with Gasteiger partial charge in [0.2, 0.25) is 0 Å². The summed E-state index contributed by atoms with van der Waals surface area (Å²) < 4.78 is 7.44. The average molecular weight is 257 g/mol. The second-order valence-corrected chi connectivity index (χ2v) is 4.98. The number of nitrogens with zero attached hydrogens (tertiary/aromatic N) is 2. The Morgan fingerprint density at radius 1 is 1.32 bits per heavy atom. The Hall–Kier alpha value is -1.65. The van der Waals surface area contributed by atoms with Crippen molar-refractivity contribution in [2.75, 3.05) is 0 Å². The molecule has 1 unspecified atom stereocenters. The monoisotopic (exact) mass is 257 g/mol. The minimum absolute atomic E-state index is 0.125. The number of nitrogens with two attached hydrogens (primary N) is 1. The van der Waals surface area contributed by atoms with E-state index in [4.69, 9.17) is 10.5 Å². The van der Waals surface area contributed by atoms with Gasteiger partial charge in [-0.05, 0) is 29.2 Å². The lowest BCUT2D eigenvalue weighted by Gasteiger charge is -2.15. The van der Waals surface area contributed by atoms with Gasteiger partial charge in [-0.2, -0.15) is 5.10 Å². The van der Waals surface area contributed by atoms with Crippen molar-refractivity contribution >= 4 is 0 Å². The van der Waals surface area contributed by atoms with E-state index in [0.717, 1.165) is 30.8 Å². The van der Waals surface area contributed by atoms with Gasteiger partial charge in [-0.25, -0.2) is 0 Å². The molecule has 2 N–H and O–H groups in total. The largest absolute Gasteiger partial charge is 0.372 e. The van der Waals surface area contributed by atoms with E-state index >= 15 is 0 Å². The molecule has 1 aromatic heterocycles. The van der Waals surface area contributed by atoms with E-state index in [1.54, 1.807) is 0 Å². The highest BCUT2D eigenvalue weighted by Crippen LogP contribution is 2.26. The molecule has 4 heteroatoms. The van der Waals surface area contributed by atoms with Gasteiger partial charge in [0.05, 0.1) is 24.9 Å². The predicted molar refractivity (Wildman–Crippen MR) is 73.5 cm³/mol. The Morgan fingerprint density at radius 2 is 2.16 bits per heavy atom. The second-order valence-electron chi connectivity index (χ2n) is 4.98.